The number of methoxy groups -OCH3 is 1. The molecule has 2 N–H and O–H groups in total. The van der Waals surface area contributed by atoms with E-state index in [1.807, 2.05) is 20.8 Å². The van der Waals surface area contributed by atoms with Crippen molar-refractivity contribution in [2.45, 2.75) is 26.8 Å². The van der Waals surface area contributed by atoms with Crippen LogP contribution in [-0.4, -0.2) is 43.1 Å². The molecule has 6 nitrogen and oxygen atoms in total. The first-order valence-electron chi connectivity index (χ1n) is 6.80. The number of carbonyl (C=O) groups excluding carboxylic acids is 2. The van der Waals surface area contributed by atoms with Crippen LogP contribution < -0.4 is 10.5 Å². The molecular weight excluding hydrogens is 272 g/mol. The van der Waals surface area contributed by atoms with Crippen molar-refractivity contribution in [1.29, 1.82) is 0 Å². The van der Waals surface area contributed by atoms with Crippen LogP contribution in [0.4, 0.5) is 5.69 Å². The summed E-state index contributed by atoms with van der Waals surface area (Å²) in [5.41, 5.74) is 6.67. The van der Waals surface area contributed by atoms with Gasteiger partial charge in [-0.3, -0.25) is 9.59 Å². The summed E-state index contributed by atoms with van der Waals surface area (Å²) < 4.78 is 9.95. The summed E-state index contributed by atoms with van der Waals surface area (Å²) in [5, 5.41) is 0. The highest BCUT2D eigenvalue weighted by Gasteiger charge is 2.22. The van der Waals surface area contributed by atoms with Crippen LogP contribution in [0.25, 0.3) is 0 Å². The molecule has 0 spiro atoms. The standard InChI is InChI=1S/C15H22N2O4/c1-5-21-13-7-6-11(8-12(13)16)15(19)17(10(2)3)9-14(18)20-4/h6-8,10H,5,9,16H2,1-4H3. The Hall–Kier alpha value is -2.24. The molecule has 1 amide bonds. The molecule has 0 heterocycles. The van der Waals surface area contributed by atoms with Gasteiger partial charge >= 0.3 is 5.97 Å². The van der Waals surface area contributed by atoms with Crippen LogP contribution in [0.5, 0.6) is 5.75 Å². The molecule has 0 aromatic heterocycles. The Balaban J connectivity index is 2.98. The molecule has 116 valence electrons. The van der Waals surface area contributed by atoms with E-state index in [4.69, 9.17) is 10.5 Å². The number of benzene rings is 1. The Morgan fingerprint density at radius 2 is 2.00 bits per heavy atom. The lowest BCUT2D eigenvalue weighted by Gasteiger charge is -2.25. The first-order valence-corrected chi connectivity index (χ1v) is 6.80. The van der Waals surface area contributed by atoms with Crippen LogP contribution in [0.3, 0.4) is 0 Å². The first-order chi connectivity index (χ1) is 9.90. The molecule has 1 aromatic carbocycles. The maximum absolute atomic E-state index is 12.5. The highest BCUT2D eigenvalue weighted by Crippen LogP contribution is 2.23. The largest absolute Gasteiger partial charge is 0.492 e. The Bertz CT molecular complexity index is 514. The molecular formula is C15H22N2O4. The van der Waals surface area contributed by atoms with Crippen LogP contribution in [0.15, 0.2) is 18.2 Å². The summed E-state index contributed by atoms with van der Waals surface area (Å²) in [6, 6.07) is 4.71. The van der Waals surface area contributed by atoms with Crippen LogP contribution in [-0.2, 0) is 9.53 Å². The van der Waals surface area contributed by atoms with Gasteiger partial charge in [0.1, 0.15) is 12.3 Å². The number of esters is 1. The molecule has 6 heteroatoms. The van der Waals surface area contributed by atoms with Crippen molar-refractivity contribution >= 4 is 17.6 Å². The van der Waals surface area contributed by atoms with E-state index in [1.54, 1.807) is 18.2 Å². The quantitative estimate of drug-likeness (QED) is 0.638. The van der Waals surface area contributed by atoms with E-state index in [-0.39, 0.29) is 18.5 Å². The molecule has 0 bridgehead atoms. The van der Waals surface area contributed by atoms with E-state index < -0.39 is 5.97 Å². The zero-order chi connectivity index (χ0) is 16.0. The fraction of sp³-hybridized carbons (Fsp3) is 0.467. The second-order valence-electron chi connectivity index (χ2n) is 4.79. The van der Waals surface area contributed by atoms with Crippen LogP contribution in [0.2, 0.25) is 0 Å². The van der Waals surface area contributed by atoms with Crippen molar-refractivity contribution < 1.29 is 19.1 Å². The van der Waals surface area contributed by atoms with Gasteiger partial charge in [-0.05, 0) is 39.0 Å². The molecule has 0 aliphatic rings. The summed E-state index contributed by atoms with van der Waals surface area (Å²) in [4.78, 5) is 25.3. The predicted octanol–water partition coefficient (Wildman–Crippen LogP) is 1.69. The summed E-state index contributed by atoms with van der Waals surface area (Å²) in [6.07, 6.45) is 0. The molecule has 0 unspecified atom stereocenters. The lowest BCUT2D eigenvalue weighted by atomic mass is 10.1. The minimum Gasteiger partial charge on any atom is -0.492 e. The predicted molar refractivity (Wildman–Crippen MR) is 80.2 cm³/mol. The van der Waals surface area contributed by atoms with Crippen molar-refractivity contribution in [3.63, 3.8) is 0 Å². The number of hydrogen-bond donors (Lipinski definition) is 1. The average molecular weight is 294 g/mol. The molecule has 0 aliphatic carbocycles. The molecule has 0 atom stereocenters. The minimum absolute atomic E-state index is 0.0971. The lowest BCUT2D eigenvalue weighted by Crippen LogP contribution is -2.41. The molecule has 0 saturated carbocycles. The van der Waals surface area contributed by atoms with Gasteiger partial charge in [0.2, 0.25) is 0 Å². The summed E-state index contributed by atoms with van der Waals surface area (Å²) in [7, 11) is 1.29. The van der Waals surface area contributed by atoms with E-state index in [0.29, 0.717) is 23.6 Å². The third-order valence-electron chi connectivity index (χ3n) is 2.97. The maximum atomic E-state index is 12.5. The van der Waals surface area contributed by atoms with Gasteiger partial charge in [-0.25, -0.2) is 0 Å². The molecule has 0 fully saturated rings. The topological polar surface area (TPSA) is 81.9 Å². The van der Waals surface area contributed by atoms with E-state index in [0.717, 1.165) is 0 Å². The lowest BCUT2D eigenvalue weighted by molar-refractivity contribution is -0.141. The van der Waals surface area contributed by atoms with E-state index in [1.165, 1.54) is 12.0 Å². The number of rotatable bonds is 6. The smallest absolute Gasteiger partial charge is 0.325 e. The highest BCUT2D eigenvalue weighted by atomic mass is 16.5. The van der Waals surface area contributed by atoms with E-state index >= 15 is 0 Å². The van der Waals surface area contributed by atoms with Crippen LogP contribution in [0.1, 0.15) is 31.1 Å². The van der Waals surface area contributed by atoms with Gasteiger partial charge < -0.3 is 20.1 Å². The van der Waals surface area contributed by atoms with Crippen LogP contribution >= 0.6 is 0 Å². The van der Waals surface area contributed by atoms with Crippen molar-refractivity contribution in [3.05, 3.63) is 23.8 Å². The second kappa shape index (κ2) is 7.52. The summed E-state index contributed by atoms with van der Waals surface area (Å²) in [5.74, 6) is -0.195. The number of amides is 1. The van der Waals surface area contributed by atoms with Crippen molar-refractivity contribution in [2.24, 2.45) is 0 Å². The molecule has 21 heavy (non-hydrogen) atoms. The fourth-order valence-corrected chi connectivity index (χ4v) is 1.83. The van der Waals surface area contributed by atoms with Crippen molar-refractivity contribution in [2.75, 3.05) is 26.0 Å². The van der Waals surface area contributed by atoms with Gasteiger partial charge in [0, 0.05) is 11.6 Å². The Morgan fingerprint density at radius 3 is 2.48 bits per heavy atom. The number of hydrogen-bond acceptors (Lipinski definition) is 5. The monoisotopic (exact) mass is 294 g/mol. The van der Waals surface area contributed by atoms with E-state index in [2.05, 4.69) is 4.74 Å². The number of nitrogen functional groups attached to an aromatic ring is 1. The van der Waals surface area contributed by atoms with Crippen molar-refractivity contribution in [1.82, 2.24) is 4.90 Å². The Kier molecular flexibility index (Phi) is 6.02. The zero-order valence-corrected chi connectivity index (χ0v) is 12.9. The normalized spacial score (nSPS) is 10.3. The number of ether oxygens (including phenoxy) is 2. The zero-order valence-electron chi connectivity index (χ0n) is 12.9. The Morgan fingerprint density at radius 1 is 1.33 bits per heavy atom. The SMILES string of the molecule is CCOc1ccc(C(=O)N(CC(=O)OC)C(C)C)cc1N. The highest BCUT2D eigenvalue weighted by molar-refractivity contribution is 5.97. The minimum atomic E-state index is -0.462. The molecule has 1 aromatic rings. The molecule has 0 saturated heterocycles. The number of nitrogens with two attached hydrogens (primary N) is 1. The van der Waals surface area contributed by atoms with Crippen molar-refractivity contribution in [3.8, 4) is 5.75 Å². The first kappa shape index (κ1) is 16.8. The van der Waals surface area contributed by atoms with Crippen LogP contribution in [0, 0.1) is 0 Å². The van der Waals surface area contributed by atoms with Gasteiger partial charge in [0.25, 0.3) is 5.91 Å². The fourth-order valence-electron chi connectivity index (χ4n) is 1.83. The van der Waals surface area contributed by atoms with Gasteiger partial charge in [-0.15, -0.1) is 0 Å². The molecule has 0 aliphatic heterocycles. The number of nitrogens with zero attached hydrogens (tertiary/aromatic N) is 1. The maximum Gasteiger partial charge on any atom is 0.325 e. The van der Waals surface area contributed by atoms with Gasteiger partial charge in [-0.2, -0.15) is 0 Å². The third-order valence-corrected chi connectivity index (χ3v) is 2.97. The summed E-state index contributed by atoms with van der Waals surface area (Å²) >= 11 is 0. The number of anilines is 1. The van der Waals surface area contributed by atoms with Gasteiger partial charge in [0.05, 0.1) is 19.4 Å². The summed E-state index contributed by atoms with van der Waals surface area (Å²) in [6.45, 7) is 5.92. The van der Waals surface area contributed by atoms with Gasteiger partial charge in [-0.1, -0.05) is 0 Å². The molecule has 1 rings (SSSR count). The second-order valence-corrected chi connectivity index (χ2v) is 4.79. The molecule has 0 radical (unpaired) electrons. The van der Waals surface area contributed by atoms with Gasteiger partial charge in [0.15, 0.2) is 0 Å². The Labute approximate surface area is 124 Å². The van der Waals surface area contributed by atoms with E-state index in [9.17, 15) is 9.59 Å². The average Bonchev–Trinajstić information content (AvgIpc) is 2.45. The number of carbonyl (C=O) groups is 2. The third kappa shape index (κ3) is 4.37.